The molecule has 2 aromatic heterocycles. The molecule has 20 heavy (non-hydrogen) atoms. The number of rotatable bonds is 7. The van der Waals surface area contributed by atoms with E-state index < -0.39 is 0 Å². The number of aromatic nitrogens is 3. The van der Waals surface area contributed by atoms with Gasteiger partial charge >= 0.3 is 0 Å². The zero-order valence-electron chi connectivity index (χ0n) is 11.5. The molecule has 0 aliphatic rings. The number of thiazole rings is 1. The second-order valence-electron chi connectivity index (χ2n) is 4.10. The van der Waals surface area contributed by atoms with Gasteiger partial charge in [-0.3, -0.25) is 0 Å². The van der Waals surface area contributed by atoms with E-state index in [-0.39, 0.29) is 6.04 Å². The number of anilines is 1. The van der Waals surface area contributed by atoms with Crippen molar-refractivity contribution < 1.29 is 4.74 Å². The zero-order valence-corrected chi connectivity index (χ0v) is 13.0. The molecule has 0 amide bonds. The summed E-state index contributed by atoms with van der Waals surface area (Å²) in [5.41, 5.74) is 0. The van der Waals surface area contributed by atoms with Crippen molar-refractivity contribution in [1.29, 1.82) is 0 Å². The molecule has 5 nitrogen and oxygen atoms in total. The third-order valence-corrected chi connectivity index (χ3v) is 3.74. The first-order chi connectivity index (χ1) is 9.72. The number of ether oxygens (including phenoxy) is 1. The maximum Gasteiger partial charge on any atom is 0.158 e. The van der Waals surface area contributed by atoms with Crippen molar-refractivity contribution in [1.82, 2.24) is 15.0 Å². The van der Waals surface area contributed by atoms with Gasteiger partial charge in [-0.1, -0.05) is 18.5 Å². The lowest BCUT2D eigenvalue weighted by atomic mass is 10.2. The van der Waals surface area contributed by atoms with Crippen molar-refractivity contribution in [2.75, 3.05) is 11.9 Å². The third-order valence-electron chi connectivity index (χ3n) is 2.66. The molecule has 2 rings (SSSR count). The lowest BCUT2D eigenvalue weighted by Crippen LogP contribution is -2.12. The van der Waals surface area contributed by atoms with Gasteiger partial charge in [0.2, 0.25) is 0 Å². The molecule has 0 saturated carbocycles. The summed E-state index contributed by atoms with van der Waals surface area (Å²) in [6, 6.07) is 1.84. The lowest BCUT2D eigenvalue weighted by Gasteiger charge is -2.15. The van der Waals surface area contributed by atoms with Gasteiger partial charge in [0.25, 0.3) is 0 Å². The molecule has 0 aliphatic heterocycles. The van der Waals surface area contributed by atoms with Gasteiger partial charge in [0.05, 0.1) is 6.04 Å². The van der Waals surface area contributed by atoms with E-state index in [1.54, 1.807) is 23.6 Å². The van der Waals surface area contributed by atoms with Crippen molar-refractivity contribution in [3.8, 4) is 0 Å². The van der Waals surface area contributed by atoms with E-state index in [2.05, 4.69) is 27.2 Å². The Balaban J connectivity index is 2.13. The smallest absolute Gasteiger partial charge is 0.158 e. The normalized spacial score (nSPS) is 12.3. The molecule has 7 heteroatoms. The van der Waals surface area contributed by atoms with Gasteiger partial charge in [-0.15, -0.1) is 11.3 Å². The fourth-order valence-electron chi connectivity index (χ4n) is 1.72. The average molecular weight is 313 g/mol. The summed E-state index contributed by atoms with van der Waals surface area (Å²) >= 11 is 7.64. The molecule has 0 bridgehead atoms. The minimum absolute atomic E-state index is 0.126. The second kappa shape index (κ2) is 7.52. The number of hydrogen-bond donors (Lipinski definition) is 1. The molecule has 0 aliphatic carbocycles. The van der Waals surface area contributed by atoms with E-state index in [0.717, 1.165) is 11.4 Å². The van der Waals surface area contributed by atoms with Crippen molar-refractivity contribution in [2.24, 2.45) is 0 Å². The highest BCUT2D eigenvalue weighted by molar-refractivity contribution is 7.09. The molecule has 1 atom stereocenters. The molecule has 2 heterocycles. The van der Waals surface area contributed by atoms with Crippen LogP contribution in [0.4, 0.5) is 5.82 Å². The van der Waals surface area contributed by atoms with Crippen LogP contribution < -0.4 is 5.32 Å². The van der Waals surface area contributed by atoms with Gasteiger partial charge in [-0.05, 0) is 13.3 Å². The first kappa shape index (κ1) is 15.2. The summed E-state index contributed by atoms with van der Waals surface area (Å²) in [6.45, 7) is 5.01. The summed E-state index contributed by atoms with van der Waals surface area (Å²) in [5.74, 6) is 1.28. The van der Waals surface area contributed by atoms with Crippen LogP contribution in [0, 0.1) is 0 Å². The minimum atomic E-state index is 0.126. The van der Waals surface area contributed by atoms with E-state index >= 15 is 0 Å². The Bertz CT molecular complexity index is 535. The molecular weight excluding hydrogens is 296 g/mol. The molecule has 0 saturated heterocycles. The van der Waals surface area contributed by atoms with Crippen LogP contribution in [0.25, 0.3) is 0 Å². The van der Waals surface area contributed by atoms with Gasteiger partial charge in [0, 0.05) is 24.3 Å². The van der Waals surface area contributed by atoms with E-state index in [1.807, 2.05) is 12.3 Å². The minimum Gasteiger partial charge on any atom is -0.374 e. The van der Waals surface area contributed by atoms with Crippen LogP contribution in [0.5, 0.6) is 0 Å². The van der Waals surface area contributed by atoms with E-state index in [9.17, 15) is 0 Å². The van der Waals surface area contributed by atoms with Crippen LogP contribution in [-0.2, 0) is 11.3 Å². The van der Waals surface area contributed by atoms with Crippen LogP contribution in [0.2, 0.25) is 5.15 Å². The van der Waals surface area contributed by atoms with Gasteiger partial charge < -0.3 is 10.1 Å². The third kappa shape index (κ3) is 4.13. The number of nitrogens with one attached hydrogen (secondary N) is 1. The predicted octanol–water partition coefficient (Wildman–Crippen LogP) is 3.69. The molecule has 108 valence electrons. The molecule has 0 fully saturated rings. The molecule has 1 unspecified atom stereocenters. The topological polar surface area (TPSA) is 59.9 Å². The molecule has 0 spiro atoms. The van der Waals surface area contributed by atoms with Crippen molar-refractivity contribution in [3.63, 3.8) is 0 Å². The van der Waals surface area contributed by atoms with Crippen molar-refractivity contribution in [3.05, 3.63) is 33.6 Å². The van der Waals surface area contributed by atoms with E-state index in [1.165, 1.54) is 0 Å². The molecule has 2 aromatic rings. The Morgan fingerprint density at radius 3 is 2.90 bits per heavy atom. The van der Waals surface area contributed by atoms with Gasteiger partial charge in [0.1, 0.15) is 22.6 Å². The van der Waals surface area contributed by atoms with Crippen LogP contribution >= 0.6 is 22.9 Å². The molecule has 0 radical (unpaired) electrons. The summed E-state index contributed by atoms with van der Waals surface area (Å²) in [7, 11) is 0. The highest BCUT2D eigenvalue weighted by Crippen LogP contribution is 2.24. The SMILES string of the molecule is CCOCc1nc(Cl)cc(NC(CC)c2nccs2)n1. The monoisotopic (exact) mass is 312 g/mol. The van der Waals surface area contributed by atoms with Gasteiger partial charge in [-0.25, -0.2) is 15.0 Å². The van der Waals surface area contributed by atoms with Crippen LogP contribution in [0.1, 0.15) is 37.1 Å². The largest absolute Gasteiger partial charge is 0.374 e. The summed E-state index contributed by atoms with van der Waals surface area (Å²) in [6.07, 6.45) is 2.72. The number of nitrogens with zero attached hydrogens (tertiary/aromatic N) is 3. The Hall–Kier alpha value is -1.24. The fraction of sp³-hybridized carbons (Fsp3) is 0.462. The Morgan fingerprint density at radius 2 is 2.25 bits per heavy atom. The Morgan fingerprint density at radius 1 is 1.40 bits per heavy atom. The maximum absolute atomic E-state index is 6.02. The fourth-order valence-corrected chi connectivity index (χ4v) is 2.69. The quantitative estimate of drug-likeness (QED) is 0.790. The maximum atomic E-state index is 6.02. The van der Waals surface area contributed by atoms with E-state index in [0.29, 0.717) is 30.0 Å². The highest BCUT2D eigenvalue weighted by atomic mass is 35.5. The first-order valence-corrected chi connectivity index (χ1v) is 7.75. The average Bonchev–Trinajstić information content (AvgIpc) is 2.96. The second-order valence-corrected chi connectivity index (χ2v) is 5.42. The first-order valence-electron chi connectivity index (χ1n) is 6.50. The highest BCUT2D eigenvalue weighted by Gasteiger charge is 2.13. The molecular formula is C13H17ClN4OS. The van der Waals surface area contributed by atoms with Crippen LogP contribution in [0.3, 0.4) is 0 Å². The van der Waals surface area contributed by atoms with Crippen molar-refractivity contribution in [2.45, 2.75) is 32.9 Å². The standard InChI is InChI=1S/C13H17ClN4OS/c1-3-9(13-15-5-6-20-13)16-11-7-10(14)17-12(18-11)8-19-4-2/h5-7,9H,3-4,8H2,1-2H3,(H,16,17,18). The Kier molecular flexibility index (Phi) is 5.70. The summed E-state index contributed by atoms with van der Waals surface area (Å²) < 4.78 is 5.31. The lowest BCUT2D eigenvalue weighted by molar-refractivity contribution is 0.128. The van der Waals surface area contributed by atoms with Crippen molar-refractivity contribution >= 4 is 28.8 Å². The predicted molar refractivity (Wildman–Crippen MR) is 81.1 cm³/mol. The number of halogens is 1. The zero-order chi connectivity index (χ0) is 14.4. The van der Waals surface area contributed by atoms with Gasteiger partial charge in [-0.2, -0.15) is 0 Å². The van der Waals surface area contributed by atoms with Crippen LogP contribution in [-0.4, -0.2) is 21.6 Å². The Labute approximate surface area is 127 Å². The summed E-state index contributed by atoms with van der Waals surface area (Å²) in [4.78, 5) is 12.9. The van der Waals surface area contributed by atoms with Crippen LogP contribution in [0.15, 0.2) is 17.6 Å². The number of hydrogen-bond acceptors (Lipinski definition) is 6. The molecule has 1 N–H and O–H groups in total. The molecule has 0 aromatic carbocycles. The van der Waals surface area contributed by atoms with E-state index in [4.69, 9.17) is 16.3 Å². The summed E-state index contributed by atoms with van der Waals surface area (Å²) in [5, 5.41) is 6.76. The van der Waals surface area contributed by atoms with Gasteiger partial charge in [0.15, 0.2) is 5.82 Å².